The molecule has 0 fully saturated rings. The Morgan fingerprint density at radius 2 is 1.90 bits per heavy atom. The lowest BCUT2D eigenvalue weighted by Gasteiger charge is -2.07. The summed E-state index contributed by atoms with van der Waals surface area (Å²) in [6.07, 6.45) is 0.0192. The number of amides is 1. The number of nitrogens with one attached hydrogen (secondary N) is 1. The molecule has 21 heavy (non-hydrogen) atoms. The highest BCUT2D eigenvalue weighted by Gasteiger charge is 2.09. The number of hydrogen-bond acceptors (Lipinski definition) is 3. The second kappa shape index (κ2) is 6.13. The van der Waals surface area contributed by atoms with Crippen molar-refractivity contribution < 1.29 is 14.1 Å². The molecule has 2 aromatic carbocycles. The van der Waals surface area contributed by atoms with E-state index in [2.05, 4.69) is 5.32 Å². The van der Waals surface area contributed by atoms with Crippen LogP contribution in [0.3, 0.4) is 0 Å². The molecule has 0 atom stereocenters. The summed E-state index contributed by atoms with van der Waals surface area (Å²) in [6, 6.07) is 10.2. The number of non-ortho nitro benzene ring substituents is 1. The predicted octanol–water partition coefficient (Wildman–Crippen LogP) is 3.22. The fraction of sp³-hybridized carbons (Fsp3) is 0.133. The molecule has 0 heterocycles. The minimum absolute atomic E-state index is 0.0192. The van der Waals surface area contributed by atoms with Gasteiger partial charge in [-0.05, 0) is 30.2 Å². The second-order valence-corrected chi connectivity index (χ2v) is 4.63. The summed E-state index contributed by atoms with van der Waals surface area (Å²) in [6.45, 7) is 1.76. The molecule has 0 spiro atoms. The number of anilines is 1. The smallest absolute Gasteiger partial charge is 0.269 e. The third-order valence-electron chi connectivity index (χ3n) is 2.91. The van der Waals surface area contributed by atoms with Gasteiger partial charge in [0.2, 0.25) is 5.91 Å². The third-order valence-corrected chi connectivity index (χ3v) is 2.91. The number of aryl methyl sites for hydroxylation is 1. The Labute approximate surface area is 120 Å². The van der Waals surface area contributed by atoms with Gasteiger partial charge in [0, 0.05) is 12.1 Å². The van der Waals surface area contributed by atoms with Crippen molar-refractivity contribution >= 4 is 17.3 Å². The fourth-order valence-electron chi connectivity index (χ4n) is 1.84. The molecule has 0 aromatic heterocycles. The zero-order chi connectivity index (χ0) is 15.4. The number of hydrogen-bond donors (Lipinski definition) is 1. The maximum absolute atomic E-state index is 13.6. The van der Waals surface area contributed by atoms with Crippen LogP contribution in [0.25, 0.3) is 0 Å². The van der Waals surface area contributed by atoms with Crippen molar-refractivity contribution in [3.63, 3.8) is 0 Å². The number of halogens is 1. The van der Waals surface area contributed by atoms with E-state index in [-0.39, 0.29) is 23.7 Å². The van der Waals surface area contributed by atoms with Crippen LogP contribution >= 0.6 is 0 Å². The standard InChI is InChI=1S/C15H13FN2O3/c1-10-2-7-14(13(16)8-10)17-15(19)9-11-3-5-12(6-4-11)18(20)21/h2-8H,9H2,1H3,(H,17,19). The minimum Gasteiger partial charge on any atom is -0.323 e. The summed E-state index contributed by atoms with van der Waals surface area (Å²) >= 11 is 0. The number of carbonyl (C=O) groups excluding carboxylic acids is 1. The summed E-state index contributed by atoms with van der Waals surface area (Å²) in [5.41, 5.74) is 1.46. The summed E-state index contributed by atoms with van der Waals surface area (Å²) in [7, 11) is 0. The molecule has 0 aliphatic heterocycles. The highest BCUT2D eigenvalue weighted by atomic mass is 19.1. The van der Waals surface area contributed by atoms with Gasteiger partial charge < -0.3 is 5.32 Å². The van der Waals surface area contributed by atoms with E-state index in [4.69, 9.17) is 0 Å². The molecular formula is C15H13FN2O3. The van der Waals surface area contributed by atoms with Gasteiger partial charge in [0.15, 0.2) is 0 Å². The normalized spacial score (nSPS) is 10.2. The van der Waals surface area contributed by atoms with Gasteiger partial charge in [-0.1, -0.05) is 18.2 Å². The number of benzene rings is 2. The fourth-order valence-corrected chi connectivity index (χ4v) is 1.84. The van der Waals surface area contributed by atoms with Gasteiger partial charge in [-0.2, -0.15) is 0 Å². The molecule has 1 amide bonds. The van der Waals surface area contributed by atoms with E-state index >= 15 is 0 Å². The molecule has 0 saturated heterocycles. The highest BCUT2D eigenvalue weighted by molar-refractivity contribution is 5.92. The number of nitro benzene ring substituents is 1. The lowest BCUT2D eigenvalue weighted by Crippen LogP contribution is -2.15. The van der Waals surface area contributed by atoms with Crippen LogP contribution in [0.1, 0.15) is 11.1 Å². The Balaban J connectivity index is 2.02. The van der Waals surface area contributed by atoms with E-state index < -0.39 is 10.7 Å². The van der Waals surface area contributed by atoms with Gasteiger partial charge in [-0.15, -0.1) is 0 Å². The van der Waals surface area contributed by atoms with Crippen LogP contribution < -0.4 is 5.32 Å². The van der Waals surface area contributed by atoms with E-state index in [1.54, 1.807) is 13.0 Å². The van der Waals surface area contributed by atoms with E-state index in [1.807, 2.05) is 0 Å². The van der Waals surface area contributed by atoms with E-state index in [0.717, 1.165) is 5.56 Å². The number of carbonyl (C=O) groups is 1. The summed E-state index contributed by atoms with van der Waals surface area (Å²) in [4.78, 5) is 21.8. The van der Waals surface area contributed by atoms with E-state index in [0.29, 0.717) is 5.56 Å². The average Bonchev–Trinajstić information content (AvgIpc) is 2.42. The Kier molecular flexibility index (Phi) is 4.27. The first kappa shape index (κ1) is 14.6. The molecule has 0 radical (unpaired) electrons. The first-order chi connectivity index (χ1) is 9.95. The monoisotopic (exact) mass is 288 g/mol. The van der Waals surface area contributed by atoms with Crippen LogP contribution in [-0.4, -0.2) is 10.8 Å². The zero-order valence-corrected chi connectivity index (χ0v) is 11.3. The second-order valence-electron chi connectivity index (χ2n) is 4.63. The molecule has 108 valence electrons. The van der Waals surface area contributed by atoms with Crippen LogP contribution in [0, 0.1) is 22.9 Å². The first-order valence-corrected chi connectivity index (χ1v) is 6.25. The lowest BCUT2D eigenvalue weighted by molar-refractivity contribution is -0.384. The van der Waals surface area contributed by atoms with Crippen LogP contribution in [0.2, 0.25) is 0 Å². The minimum atomic E-state index is -0.508. The Morgan fingerprint density at radius 3 is 2.48 bits per heavy atom. The van der Waals surface area contributed by atoms with Crippen LogP contribution in [0.4, 0.5) is 15.8 Å². The molecule has 2 aromatic rings. The quantitative estimate of drug-likeness (QED) is 0.693. The zero-order valence-electron chi connectivity index (χ0n) is 11.3. The van der Waals surface area contributed by atoms with Crippen molar-refractivity contribution in [1.82, 2.24) is 0 Å². The van der Waals surface area contributed by atoms with Gasteiger partial charge in [-0.3, -0.25) is 14.9 Å². The van der Waals surface area contributed by atoms with Crippen molar-refractivity contribution in [2.75, 3.05) is 5.32 Å². The number of nitro groups is 1. The van der Waals surface area contributed by atoms with Crippen molar-refractivity contribution in [2.24, 2.45) is 0 Å². The van der Waals surface area contributed by atoms with Gasteiger partial charge in [-0.25, -0.2) is 4.39 Å². The largest absolute Gasteiger partial charge is 0.323 e. The molecule has 0 saturated carbocycles. The SMILES string of the molecule is Cc1ccc(NC(=O)Cc2ccc([N+](=O)[O-])cc2)c(F)c1. The van der Waals surface area contributed by atoms with E-state index in [1.165, 1.54) is 36.4 Å². The first-order valence-electron chi connectivity index (χ1n) is 6.25. The van der Waals surface area contributed by atoms with Crippen LogP contribution in [-0.2, 0) is 11.2 Å². The molecule has 0 aliphatic carbocycles. The van der Waals surface area contributed by atoms with Gasteiger partial charge in [0.05, 0.1) is 17.0 Å². The maximum Gasteiger partial charge on any atom is 0.269 e. The van der Waals surface area contributed by atoms with Crippen molar-refractivity contribution in [3.05, 3.63) is 69.5 Å². The molecule has 6 heteroatoms. The summed E-state index contributed by atoms with van der Waals surface area (Å²) in [5, 5.41) is 13.0. The highest BCUT2D eigenvalue weighted by Crippen LogP contribution is 2.16. The lowest BCUT2D eigenvalue weighted by atomic mass is 10.1. The number of nitrogens with zero attached hydrogens (tertiary/aromatic N) is 1. The Hall–Kier alpha value is -2.76. The third kappa shape index (κ3) is 3.85. The molecule has 0 aliphatic rings. The Morgan fingerprint density at radius 1 is 1.24 bits per heavy atom. The Bertz CT molecular complexity index is 684. The maximum atomic E-state index is 13.6. The van der Waals surface area contributed by atoms with Crippen molar-refractivity contribution in [1.29, 1.82) is 0 Å². The van der Waals surface area contributed by atoms with Crippen LogP contribution in [0.5, 0.6) is 0 Å². The van der Waals surface area contributed by atoms with Gasteiger partial charge >= 0.3 is 0 Å². The summed E-state index contributed by atoms with van der Waals surface area (Å²) < 4.78 is 13.6. The molecule has 0 unspecified atom stereocenters. The predicted molar refractivity (Wildman–Crippen MR) is 76.6 cm³/mol. The van der Waals surface area contributed by atoms with Crippen molar-refractivity contribution in [3.8, 4) is 0 Å². The van der Waals surface area contributed by atoms with Gasteiger partial charge in [0.1, 0.15) is 5.82 Å². The van der Waals surface area contributed by atoms with Crippen LogP contribution in [0.15, 0.2) is 42.5 Å². The van der Waals surface area contributed by atoms with Crippen molar-refractivity contribution in [2.45, 2.75) is 13.3 Å². The summed E-state index contributed by atoms with van der Waals surface area (Å²) in [5.74, 6) is -0.876. The number of rotatable bonds is 4. The molecule has 5 nitrogen and oxygen atoms in total. The molecular weight excluding hydrogens is 275 g/mol. The molecule has 2 rings (SSSR count). The molecule has 1 N–H and O–H groups in total. The average molecular weight is 288 g/mol. The topological polar surface area (TPSA) is 72.2 Å². The van der Waals surface area contributed by atoms with Gasteiger partial charge in [0.25, 0.3) is 5.69 Å². The molecule has 0 bridgehead atoms. The van der Waals surface area contributed by atoms with E-state index in [9.17, 15) is 19.3 Å².